The van der Waals surface area contributed by atoms with Crippen LogP contribution >= 0.6 is 0 Å². The molecule has 1 amide bonds. The molecule has 20 heavy (non-hydrogen) atoms. The maximum Gasteiger partial charge on any atom is 0.270 e. The Morgan fingerprint density at radius 2 is 2.15 bits per heavy atom. The first-order chi connectivity index (χ1) is 9.35. The van der Waals surface area contributed by atoms with Crippen molar-refractivity contribution in [3.05, 3.63) is 33.9 Å². The average molecular weight is 282 g/mol. The summed E-state index contributed by atoms with van der Waals surface area (Å²) < 4.78 is 5.03. The van der Waals surface area contributed by atoms with Gasteiger partial charge in [0.15, 0.2) is 0 Å². The lowest BCUT2D eigenvalue weighted by molar-refractivity contribution is -0.384. The molecule has 0 saturated heterocycles. The molecule has 0 bridgehead atoms. The van der Waals surface area contributed by atoms with Gasteiger partial charge < -0.3 is 15.2 Å². The summed E-state index contributed by atoms with van der Waals surface area (Å²) in [4.78, 5) is 22.3. The van der Waals surface area contributed by atoms with Gasteiger partial charge in [-0.25, -0.2) is 0 Å². The number of non-ortho nitro benzene ring substituents is 1. The monoisotopic (exact) mass is 282 g/mol. The van der Waals surface area contributed by atoms with E-state index in [0.717, 1.165) is 0 Å². The Kier molecular flexibility index (Phi) is 5.45. The first-order valence-electron chi connectivity index (χ1n) is 6.16. The highest BCUT2D eigenvalue weighted by atomic mass is 16.6. The summed E-state index contributed by atoms with van der Waals surface area (Å²) in [6.45, 7) is 3.37. The summed E-state index contributed by atoms with van der Waals surface area (Å²) in [6, 6.07) is 3.57. The number of rotatable bonds is 6. The third-order valence-corrected chi connectivity index (χ3v) is 2.71. The molecular weight excluding hydrogens is 264 g/mol. The van der Waals surface area contributed by atoms with E-state index >= 15 is 0 Å². The Bertz CT molecular complexity index is 502. The Hall–Kier alpha value is -2.15. The summed E-state index contributed by atoms with van der Waals surface area (Å²) in [7, 11) is 1.39. The van der Waals surface area contributed by atoms with Gasteiger partial charge in [-0.2, -0.15) is 0 Å². The Morgan fingerprint density at radius 1 is 1.50 bits per heavy atom. The smallest absolute Gasteiger partial charge is 0.270 e. The lowest BCUT2D eigenvalue weighted by Crippen LogP contribution is -2.34. The van der Waals surface area contributed by atoms with Crippen molar-refractivity contribution in [2.45, 2.75) is 32.4 Å². The second-order valence-corrected chi connectivity index (χ2v) is 4.60. The average Bonchev–Trinajstić information content (AvgIpc) is 2.36. The third-order valence-electron chi connectivity index (χ3n) is 2.71. The van der Waals surface area contributed by atoms with Gasteiger partial charge >= 0.3 is 0 Å². The highest BCUT2D eigenvalue weighted by molar-refractivity contribution is 5.97. The molecule has 0 aliphatic heterocycles. The second-order valence-electron chi connectivity index (χ2n) is 4.60. The van der Waals surface area contributed by atoms with Crippen LogP contribution in [-0.4, -0.2) is 35.2 Å². The highest BCUT2D eigenvalue weighted by Crippen LogP contribution is 2.24. The van der Waals surface area contributed by atoms with Crippen LogP contribution in [0.3, 0.4) is 0 Å². The molecule has 110 valence electrons. The number of methoxy groups -OCH3 is 1. The van der Waals surface area contributed by atoms with Crippen LogP contribution in [0, 0.1) is 10.1 Å². The zero-order valence-corrected chi connectivity index (χ0v) is 11.6. The number of hydrogen-bond acceptors (Lipinski definition) is 5. The Balaban J connectivity index is 2.95. The van der Waals surface area contributed by atoms with Crippen LogP contribution in [0.1, 0.15) is 30.6 Å². The van der Waals surface area contributed by atoms with E-state index in [4.69, 9.17) is 4.74 Å². The number of amides is 1. The molecular formula is C13H18N2O5. The van der Waals surface area contributed by atoms with Crippen molar-refractivity contribution in [3.63, 3.8) is 0 Å². The highest BCUT2D eigenvalue weighted by Gasteiger charge is 2.19. The molecule has 2 atom stereocenters. The number of benzene rings is 1. The van der Waals surface area contributed by atoms with E-state index in [1.807, 2.05) is 0 Å². The molecule has 1 rings (SSSR count). The van der Waals surface area contributed by atoms with Gasteiger partial charge in [-0.05, 0) is 26.3 Å². The molecule has 0 heterocycles. The summed E-state index contributed by atoms with van der Waals surface area (Å²) in [5, 5.41) is 22.7. The predicted octanol–water partition coefficient (Wildman–Crippen LogP) is 1.49. The number of nitrogens with zero attached hydrogens (tertiary/aromatic N) is 1. The number of carbonyl (C=O) groups excluding carboxylic acids is 1. The van der Waals surface area contributed by atoms with Gasteiger partial charge in [0.05, 0.1) is 23.7 Å². The normalized spacial score (nSPS) is 13.4. The Labute approximate surface area is 116 Å². The van der Waals surface area contributed by atoms with Crippen LogP contribution in [-0.2, 0) is 0 Å². The Morgan fingerprint density at radius 3 is 2.65 bits per heavy atom. The zero-order valence-electron chi connectivity index (χ0n) is 11.6. The third kappa shape index (κ3) is 4.20. The number of aliphatic hydroxyl groups excluding tert-OH is 1. The lowest BCUT2D eigenvalue weighted by atomic mass is 10.1. The number of nitrogens with one attached hydrogen (secondary N) is 1. The number of aliphatic hydroxyl groups is 1. The SMILES string of the molecule is COc1ccc([N+](=O)[O-])cc1C(=O)NC(C)CC(C)O. The fourth-order valence-electron chi connectivity index (χ4n) is 1.86. The number of nitro benzene ring substituents is 1. The van der Waals surface area contributed by atoms with E-state index in [0.29, 0.717) is 6.42 Å². The molecule has 1 aromatic rings. The second kappa shape index (κ2) is 6.85. The maximum atomic E-state index is 12.1. The van der Waals surface area contributed by atoms with Gasteiger partial charge in [-0.1, -0.05) is 0 Å². The summed E-state index contributed by atoms with van der Waals surface area (Å²) in [5.74, 6) is -0.212. The van der Waals surface area contributed by atoms with Crippen LogP contribution < -0.4 is 10.1 Å². The molecule has 0 aromatic heterocycles. The largest absolute Gasteiger partial charge is 0.496 e. The number of nitro groups is 1. The summed E-state index contributed by atoms with van der Waals surface area (Å²) in [6.07, 6.45) is -0.152. The van der Waals surface area contributed by atoms with Gasteiger partial charge in [0.25, 0.3) is 11.6 Å². The molecule has 0 saturated carbocycles. The van der Waals surface area contributed by atoms with Crippen LogP contribution in [0.15, 0.2) is 18.2 Å². The minimum atomic E-state index is -0.574. The molecule has 0 aliphatic carbocycles. The molecule has 2 N–H and O–H groups in total. The van der Waals surface area contributed by atoms with Crippen molar-refractivity contribution in [3.8, 4) is 5.75 Å². The lowest BCUT2D eigenvalue weighted by Gasteiger charge is -2.16. The van der Waals surface area contributed by atoms with E-state index in [-0.39, 0.29) is 23.0 Å². The molecule has 0 spiro atoms. The zero-order chi connectivity index (χ0) is 15.3. The van der Waals surface area contributed by atoms with Crippen molar-refractivity contribution in [1.29, 1.82) is 0 Å². The van der Waals surface area contributed by atoms with E-state index in [2.05, 4.69) is 5.32 Å². The minimum Gasteiger partial charge on any atom is -0.496 e. The van der Waals surface area contributed by atoms with Gasteiger partial charge in [0, 0.05) is 18.2 Å². The number of hydrogen-bond donors (Lipinski definition) is 2. The van der Waals surface area contributed by atoms with Crippen molar-refractivity contribution >= 4 is 11.6 Å². The van der Waals surface area contributed by atoms with Gasteiger partial charge in [-0.15, -0.1) is 0 Å². The van der Waals surface area contributed by atoms with Crippen molar-refractivity contribution < 1.29 is 19.6 Å². The van der Waals surface area contributed by atoms with Crippen molar-refractivity contribution in [1.82, 2.24) is 5.32 Å². The maximum absolute atomic E-state index is 12.1. The van der Waals surface area contributed by atoms with Crippen LogP contribution in [0.2, 0.25) is 0 Å². The minimum absolute atomic E-state index is 0.0964. The van der Waals surface area contributed by atoms with Gasteiger partial charge in [0.1, 0.15) is 5.75 Å². The van der Waals surface area contributed by atoms with Crippen LogP contribution in [0.4, 0.5) is 5.69 Å². The molecule has 1 aromatic carbocycles. The van der Waals surface area contributed by atoms with Crippen molar-refractivity contribution in [2.75, 3.05) is 7.11 Å². The van der Waals surface area contributed by atoms with Gasteiger partial charge in [-0.3, -0.25) is 14.9 Å². The molecule has 2 unspecified atom stereocenters. The van der Waals surface area contributed by atoms with Crippen molar-refractivity contribution in [2.24, 2.45) is 0 Å². The van der Waals surface area contributed by atoms with Gasteiger partial charge in [0.2, 0.25) is 0 Å². The molecule has 0 radical (unpaired) electrons. The summed E-state index contributed by atoms with van der Waals surface area (Å²) >= 11 is 0. The molecule has 7 heteroatoms. The van der Waals surface area contributed by atoms with E-state index < -0.39 is 16.9 Å². The first-order valence-corrected chi connectivity index (χ1v) is 6.16. The fourth-order valence-corrected chi connectivity index (χ4v) is 1.86. The first kappa shape index (κ1) is 15.9. The molecule has 0 fully saturated rings. The van der Waals surface area contributed by atoms with Crippen LogP contribution in [0.25, 0.3) is 0 Å². The number of ether oxygens (including phenoxy) is 1. The topological polar surface area (TPSA) is 102 Å². The van der Waals surface area contributed by atoms with Crippen LogP contribution in [0.5, 0.6) is 5.75 Å². The summed E-state index contributed by atoms with van der Waals surface area (Å²) in [5.41, 5.74) is -0.0849. The quantitative estimate of drug-likeness (QED) is 0.608. The molecule has 0 aliphatic rings. The van der Waals surface area contributed by atoms with E-state index in [9.17, 15) is 20.0 Å². The molecule has 7 nitrogen and oxygen atoms in total. The van der Waals surface area contributed by atoms with E-state index in [1.165, 1.54) is 25.3 Å². The predicted molar refractivity (Wildman–Crippen MR) is 72.9 cm³/mol. The van der Waals surface area contributed by atoms with E-state index in [1.54, 1.807) is 13.8 Å². The number of carbonyl (C=O) groups is 1. The fraction of sp³-hybridized carbons (Fsp3) is 0.462. The standard InChI is InChI=1S/C13H18N2O5/c1-8(6-9(2)16)14-13(17)11-7-10(15(18)19)4-5-12(11)20-3/h4-5,7-9,16H,6H2,1-3H3,(H,14,17).